The molecular weight excluding hydrogens is 466 g/mol. The highest BCUT2D eigenvalue weighted by Crippen LogP contribution is 2.30. The molecule has 2 unspecified atom stereocenters. The summed E-state index contributed by atoms with van der Waals surface area (Å²) < 4.78 is 26.6. The summed E-state index contributed by atoms with van der Waals surface area (Å²) in [5, 5.41) is 3.30. The minimum atomic E-state index is -1.40. The highest BCUT2D eigenvalue weighted by Gasteiger charge is 2.37. The molecule has 2 aromatic rings. The van der Waals surface area contributed by atoms with Gasteiger partial charge in [-0.25, -0.2) is 4.79 Å². The van der Waals surface area contributed by atoms with Gasteiger partial charge in [-0.05, 0) is 70.8 Å². The Kier molecular flexibility index (Phi) is 10.5. The highest BCUT2D eigenvalue weighted by atomic mass is 16.6. The SMILES string of the molecule is COC(=O)C(C)(CCCNC(CCc1ccc(C)o1)C(=O)c1cc(OC)c(C)c(OC)c1)OC(C)=O. The van der Waals surface area contributed by atoms with E-state index >= 15 is 0 Å². The van der Waals surface area contributed by atoms with E-state index < -0.39 is 23.6 Å². The van der Waals surface area contributed by atoms with Crippen molar-refractivity contribution in [2.45, 2.75) is 65.0 Å². The summed E-state index contributed by atoms with van der Waals surface area (Å²) in [5.41, 5.74) is -0.132. The highest BCUT2D eigenvalue weighted by molar-refractivity contribution is 6.01. The van der Waals surface area contributed by atoms with Crippen LogP contribution in [-0.2, 0) is 25.5 Å². The van der Waals surface area contributed by atoms with Gasteiger partial charge in [0.1, 0.15) is 23.0 Å². The van der Waals surface area contributed by atoms with Crippen molar-refractivity contribution in [3.63, 3.8) is 0 Å². The van der Waals surface area contributed by atoms with Gasteiger partial charge >= 0.3 is 11.9 Å². The number of esters is 2. The number of ketones is 1. The number of Topliss-reactive ketones (excluding diaryl/α,β-unsaturated/α-hetero) is 1. The van der Waals surface area contributed by atoms with Gasteiger partial charge in [-0.2, -0.15) is 0 Å². The monoisotopic (exact) mass is 503 g/mol. The van der Waals surface area contributed by atoms with Crippen LogP contribution in [0.15, 0.2) is 28.7 Å². The Morgan fingerprint density at radius 1 is 1.06 bits per heavy atom. The number of carbonyl (C=O) groups is 3. The van der Waals surface area contributed by atoms with E-state index in [0.717, 1.165) is 17.1 Å². The summed E-state index contributed by atoms with van der Waals surface area (Å²) in [6.45, 7) is 6.90. The number of hydrogen-bond donors (Lipinski definition) is 1. The zero-order chi connectivity index (χ0) is 26.9. The van der Waals surface area contributed by atoms with Gasteiger partial charge in [-0.15, -0.1) is 0 Å². The molecule has 0 aliphatic carbocycles. The fourth-order valence-corrected chi connectivity index (χ4v) is 4.09. The van der Waals surface area contributed by atoms with Gasteiger partial charge in [-0.3, -0.25) is 9.59 Å². The van der Waals surface area contributed by atoms with Crippen LogP contribution in [0.1, 0.15) is 60.6 Å². The number of nitrogens with one attached hydrogen (secondary N) is 1. The smallest absolute Gasteiger partial charge is 0.350 e. The van der Waals surface area contributed by atoms with Crippen molar-refractivity contribution >= 4 is 17.7 Å². The number of methoxy groups -OCH3 is 3. The van der Waals surface area contributed by atoms with Gasteiger partial charge in [0.05, 0.1) is 27.4 Å². The minimum absolute atomic E-state index is 0.120. The summed E-state index contributed by atoms with van der Waals surface area (Å²) >= 11 is 0. The molecule has 1 heterocycles. The van der Waals surface area contributed by atoms with Gasteiger partial charge in [0.25, 0.3) is 0 Å². The largest absolute Gasteiger partial charge is 0.496 e. The topological polar surface area (TPSA) is 113 Å². The number of benzene rings is 1. The van der Waals surface area contributed by atoms with Crippen LogP contribution in [0, 0.1) is 13.8 Å². The van der Waals surface area contributed by atoms with E-state index in [-0.39, 0.29) is 12.2 Å². The fourth-order valence-electron chi connectivity index (χ4n) is 4.09. The van der Waals surface area contributed by atoms with Gasteiger partial charge in [-0.1, -0.05) is 0 Å². The Hall–Kier alpha value is -3.33. The van der Waals surface area contributed by atoms with Crippen LogP contribution in [0.3, 0.4) is 0 Å². The van der Waals surface area contributed by atoms with Crippen molar-refractivity contribution in [3.8, 4) is 11.5 Å². The Morgan fingerprint density at radius 3 is 2.19 bits per heavy atom. The Morgan fingerprint density at radius 2 is 1.69 bits per heavy atom. The first-order valence-electron chi connectivity index (χ1n) is 11.9. The molecule has 1 aromatic heterocycles. The summed E-state index contributed by atoms with van der Waals surface area (Å²) in [4.78, 5) is 37.3. The maximum Gasteiger partial charge on any atom is 0.350 e. The molecule has 36 heavy (non-hydrogen) atoms. The first kappa shape index (κ1) is 28.9. The number of hydrogen-bond acceptors (Lipinski definition) is 9. The molecule has 9 nitrogen and oxygen atoms in total. The second kappa shape index (κ2) is 13.1. The maximum atomic E-state index is 13.6. The summed E-state index contributed by atoms with van der Waals surface area (Å²) in [7, 11) is 4.34. The van der Waals surface area contributed by atoms with Gasteiger partial charge < -0.3 is 28.7 Å². The van der Waals surface area contributed by atoms with Crippen LogP contribution in [0.25, 0.3) is 0 Å². The lowest BCUT2D eigenvalue weighted by Gasteiger charge is -2.26. The molecule has 1 N–H and O–H groups in total. The van der Waals surface area contributed by atoms with E-state index in [4.69, 9.17) is 23.4 Å². The minimum Gasteiger partial charge on any atom is -0.496 e. The van der Waals surface area contributed by atoms with E-state index in [1.165, 1.54) is 21.0 Å². The van der Waals surface area contributed by atoms with Gasteiger partial charge in [0, 0.05) is 24.5 Å². The van der Waals surface area contributed by atoms with Crippen LogP contribution < -0.4 is 14.8 Å². The van der Waals surface area contributed by atoms with Gasteiger partial charge in [0.2, 0.25) is 5.60 Å². The Bertz CT molecular complexity index is 1030. The lowest BCUT2D eigenvalue weighted by Crippen LogP contribution is -2.42. The third-order valence-electron chi connectivity index (χ3n) is 6.04. The van der Waals surface area contributed by atoms with Crippen LogP contribution in [-0.4, -0.2) is 57.2 Å². The predicted octanol–water partition coefficient (Wildman–Crippen LogP) is 3.96. The van der Waals surface area contributed by atoms with Crippen molar-refractivity contribution in [1.82, 2.24) is 5.32 Å². The second-order valence-corrected chi connectivity index (χ2v) is 8.85. The standard InChI is InChI=1S/C27H37NO8/c1-17-9-10-21(35-17)11-12-22(25(30)20-15-23(32-5)18(2)24(16-20)33-6)28-14-8-13-27(4,26(31)34-7)36-19(3)29/h9-10,15-16,22,28H,8,11-14H2,1-7H3. The Labute approximate surface area is 212 Å². The second-order valence-electron chi connectivity index (χ2n) is 8.85. The summed E-state index contributed by atoms with van der Waals surface area (Å²) in [5.74, 6) is 1.41. The average Bonchev–Trinajstić information content (AvgIpc) is 3.27. The molecule has 0 amide bonds. The van der Waals surface area contributed by atoms with Crippen LogP contribution in [0.4, 0.5) is 0 Å². The zero-order valence-electron chi connectivity index (χ0n) is 22.2. The van der Waals surface area contributed by atoms with Crippen LogP contribution in [0.5, 0.6) is 11.5 Å². The van der Waals surface area contributed by atoms with Gasteiger partial charge in [0.15, 0.2) is 5.78 Å². The number of rotatable bonds is 14. The van der Waals surface area contributed by atoms with Crippen molar-refractivity contribution < 1.29 is 37.7 Å². The van der Waals surface area contributed by atoms with E-state index in [2.05, 4.69) is 5.32 Å². The van der Waals surface area contributed by atoms with E-state index in [1.807, 2.05) is 26.0 Å². The van der Waals surface area contributed by atoms with E-state index in [9.17, 15) is 14.4 Å². The molecule has 0 aliphatic rings. The molecule has 9 heteroatoms. The maximum absolute atomic E-state index is 13.6. The zero-order valence-corrected chi connectivity index (χ0v) is 22.2. The van der Waals surface area contributed by atoms with Crippen LogP contribution >= 0.6 is 0 Å². The number of carbonyl (C=O) groups excluding carboxylic acids is 3. The van der Waals surface area contributed by atoms with Crippen LogP contribution in [0.2, 0.25) is 0 Å². The van der Waals surface area contributed by atoms with Crippen molar-refractivity contribution in [2.24, 2.45) is 0 Å². The first-order chi connectivity index (χ1) is 17.0. The fraction of sp³-hybridized carbons (Fsp3) is 0.519. The molecule has 0 spiro atoms. The summed E-state index contributed by atoms with van der Waals surface area (Å²) in [6.07, 6.45) is 1.74. The molecule has 0 saturated carbocycles. The third-order valence-corrected chi connectivity index (χ3v) is 6.04. The van der Waals surface area contributed by atoms with Crippen molar-refractivity contribution in [2.75, 3.05) is 27.9 Å². The number of aryl methyl sites for hydroxylation is 2. The molecule has 0 aliphatic heterocycles. The third kappa shape index (κ3) is 7.58. The molecule has 198 valence electrons. The number of ether oxygens (including phenoxy) is 4. The molecular formula is C27H37NO8. The molecule has 0 fully saturated rings. The predicted molar refractivity (Wildman–Crippen MR) is 134 cm³/mol. The van der Waals surface area contributed by atoms with Crippen molar-refractivity contribution in [1.29, 1.82) is 0 Å². The number of furan rings is 1. The molecule has 1 aromatic carbocycles. The van der Waals surface area contributed by atoms with Crippen molar-refractivity contribution in [3.05, 3.63) is 46.9 Å². The lowest BCUT2D eigenvalue weighted by atomic mass is 9.96. The average molecular weight is 504 g/mol. The summed E-state index contributed by atoms with van der Waals surface area (Å²) in [6, 6.07) is 6.67. The molecule has 0 bridgehead atoms. The Balaban J connectivity index is 2.18. The first-order valence-corrected chi connectivity index (χ1v) is 11.9. The molecule has 2 atom stereocenters. The quantitative estimate of drug-likeness (QED) is 0.232. The molecule has 0 saturated heterocycles. The normalized spacial score (nSPS) is 13.4. The van der Waals surface area contributed by atoms with E-state index in [1.54, 1.807) is 26.4 Å². The van der Waals surface area contributed by atoms with E-state index in [0.29, 0.717) is 42.9 Å². The lowest BCUT2D eigenvalue weighted by molar-refractivity contribution is -0.178. The molecule has 0 radical (unpaired) electrons. The molecule has 2 rings (SSSR count).